The lowest BCUT2D eigenvalue weighted by molar-refractivity contribution is 0.101. The minimum absolute atomic E-state index is 0.129. The molecule has 0 fully saturated rings. The summed E-state index contributed by atoms with van der Waals surface area (Å²) >= 11 is 0. The lowest BCUT2D eigenvalue weighted by atomic mass is 9.81. The second kappa shape index (κ2) is 17.7. The topological polar surface area (TPSA) is 29.1 Å². The molecule has 1 N–H and O–H groups in total. The summed E-state index contributed by atoms with van der Waals surface area (Å²) in [6, 6.07) is 26.6. The lowest BCUT2D eigenvalue weighted by Crippen LogP contribution is -2.18. The fraction of sp³-hybridized carbons (Fsp3) is 0.457. The highest BCUT2D eigenvalue weighted by Crippen LogP contribution is 2.39. The van der Waals surface area contributed by atoms with Crippen molar-refractivity contribution in [2.24, 2.45) is 5.92 Å². The van der Waals surface area contributed by atoms with E-state index >= 15 is 0 Å². The molecule has 0 aliphatic heterocycles. The molecule has 2 nitrogen and oxygen atoms in total. The van der Waals surface area contributed by atoms with Crippen molar-refractivity contribution >= 4 is 16.9 Å². The summed E-state index contributed by atoms with van der Waals surface area (Å²) in [5.41, 5.74) is 13.2. The van der Waals surface area contributed by atoms with E-state index in [1.165, 1.54) is 63.1 Å². The molecule has 258 valence electrons. The van der Waals surface area contributed by atoms with Gasteiger partial charge >= 0.3 is 0 Å². The molecule has 1 aliphatic carbocycles. The van der Waals surface area contributed by atoms with Gasteiger partial charge in [-0.15, -0.1) is 0 Å². The van der Waals surface area contributed by atoms with Crippen LogP contribution in [0.4, 0.5) is 0 Å². The molecule has 0 aromatic heterocycles. The Balaban J connectivity index is 0.00000307. The number of allylic oxidation sites excluding steroid dienone is 6. The van der Waals surface area contributed by atoms with E-state index in [2.05, 4.69) is 134 Å². The Hall–Kier alpha value is -3.65. The van der Waals surface area contributed by atoms with Crippen LogP contribution in [0.15, 0.2) is 96.2 Å². The maximum atomic E-state index is 11.6. The summed E-state index contributed by atoms with van der Waals surface area (Å²) < 4.78 is 0. The molecule has 3 aromatic carbocycles. The van der Waals surface area contributed by atoms with Gasteiger partial charge in [0.15, 0.2) is 5.78 Å². The maximum Gasteiger partial charge on any atom is 0.159 e. The normalized spacial score (nSPS) is 15.1. The van der Waals surface area contributed by atoms with Gasteiger partial charge in [0.1, 0.15) is 0 Å². The smallest absolute Gasteiger partial charge is 0.159 e. The Morgan fingerprint density at radius 3 is 1.79 bits per heavy atom. The van der Waals surface area contributed by atoms with Crippen LogP contribution in [0.5, 0.6) is 0 Å². The average molecular weight is 646 g/mol. The van der Waals surface area contributed by atoms with Crippen LogP contribution in [0.3, 0.4) is 0 Å². The van der Waals surface area contributed by atoms with Crippen molar-refractivity contribution < 1.29 is 4.79 Å². The third kappa shape index (κ3) is 10.9. The Morgan fingerprint density at radius 1 is 0.750 bits per heavy atom. The number of ketones is 1. The van der Waals surface area contributed by atoms with Gasteiger partial charge in [0.25, 0.3) is 0 Å². The van der Waals surface area contributed by atoms with Crippen molar-refractivity contribution in [3.05, 3.63) is 130 Å². The highest BCUT2D eigenvalue weighted by Gasteiger charge is 2.21. The zero-order valence-electron chi connectivity index (χ0n) is 32.0. The quantitative estimate of drug-likeness (QED) is 0.157. The predicted octanol–water partition coefficient (Wildman–Crippen LogP) is 12.7. The van der Waals surface area contributed by atoms with Crippen molar-refractivity contribution in [3.63, 3.8) is 0 Å². The molecule has 0 amide bonds. The SMILES string of the molecule is CC.CC/C(NCCCCC(C)Cc1ccc(C(C)=O)cc1)=C1/CC(c2ccc(C(C)(C)C)cc2)=CC=C1c1ccc(C(C)(C)C)cc1. The van der Waals surface area contributed by atoms with Gasteiger partial charge in [0.2, 0.25) is 0 Å². The Labute approximate surface area is 293 Å². The van der Waals surface area contributed by atoms with E-state index in [-0.39, 0.29) is 16.6 Å². The van der Waals surface area contributed by atoms with Crippen molar-refractivity contribution in [2.45, 2.75) is 126 Å². The van der Waals surface area contributed by atoms with Crippen molar-refractivity contribution in [3.8, 4) is 0 Å². The van der Waals surface area contributed by atoms with Crippen LogP contribution >= 0.6 is 0 Å². The lowest BCUT2D eigenvalue weighted by Gasteiger charge is -2.25. The first-order valence-corrected chi connectivity index (χ1v) is 18.4. The zero-order valence-corrected chi connectivity index (χ0v) is 32.0. The van der Waals surface area contributed by atoms with Crippen LogP contribution in [0, 0.1) is 5.92 Å². The van der Waals surface area contributed by atoms with E-state index in [9.17, 15) is 4.79 Å². The van der Waals surface area contributed by atoms with Crippen LogP contribution in [-0.4, -0.2) is 12.3 Å². The highest BCUT2D eigenvalue weighted by atomic mass is 16.1. The van der Waals surface area contributed by atoms with Crippen LogP contribution in [0.1, 0.15) is 146 Å². The number of hydrogen-bond donors (Lipinski definition) is 1. The van der Waals surface area contributed by atoms with Gasteiger partial charge in [-0.3, -0.25) is 4.79 Å². The molecule has 0 radical (unpaired) electrons. The molecule has 4 rings (SSSR count). The Bertz CT molecular complexity index is 1550. The summed E-state index contributed by atoms with van der Waals surface area (Å²) in [6.45, 7) is 24.9. The van der Waals surface area contributed by atoms with E-state index in [1.54, 1.807) is 6.92 Å². The molecule has 1 aliphatic rings. The van der Waals surface area contributed by atoms with Crippen LogP contribution < -0.4 is 5.32 Å². The molecule has 0 saturated heterocycles. The van der Waals surface area contributed by atoms with Crippen molar-refractivity contribution in [1.82, 2.24) is 5.32 Å². The number of carbonyl (C=O) groups excluding carboxylic acids is 1. The first kappa shape index (κ1) is 38.8. The number of hydrogen-bond acceptors (Lipinski definition) is 2. The number of rotatable bonds is 12. The molecule has 0 heterocycles. The summed E-state index contributed by atoms with van der Waals surface area (Å²) in [7, 11) is 0. The maximum absolute atomic E-state index is 11.6. The molecule has 0 bridgehead atoms. The third-order valence-electron chi connectivity index (χ3n) is 9.45. The van der Waals surface area contributed by atoms with E-state index in [4.69, 9.17) is 0 Å². The standard InChI is InChI=1S/C44H57NO.C2H6/c1-10-42(45-28-12-11-13-31(2)29-33-14-16-34(17-15-33)32(3)46)41-30-37(35-18-23-38(24-19-35)43(4,5)6)22-27-40(41)36-20-25-39(26-21-36)44(7,8)9;1-2/h14-27,31,45H,10-13,28-30H2,1-9H3;1-2H3/b42-41+;. The summed E-state index contributed by atoms with van der Waals surface area (Å²) in [5, 5.41) is 3.90. The molecule has 1 unspecified atom stereocenters. The van der Waals surface area contributed by atoms with Gasteiger partial charge in [0.05, 0.1) is 0 Å². The number of Topliss-reactive ketones (excluding diaryl/α,β-unsaturated/α-hetero) is 1. The summed E-state index contributed by atoms with van der Waals surface area (Å²) in [4.78, 5) is 11.6. The molecule has 48 heavy (non-hydrogen) atoms. The fourth-order valence-corrected chi connectivity index (χ4v) is 6.38. The number of benzene rings is 3. The second-order valence-corrected chi connectivity index (χ2v) is 15.4. The van der Waals surface area contributed by atoms with Crippen LogP contribution in [0.25, 0.3) is 11.1 Å². The van der Waals surface area contributed by atoms with Gasteiger partial charge in [-0.1, -0.05) is 167 Å². The second-order valence-electron chi connectivity index (χ2n) is 15.4. The Morgan fingerprint density at radius 2 is 1.29 bits per heavy atom. The largest absolute Gasteiger partial charge is 0.388 e. The van der Waals surface area contributed by atoms with Gasteiger partial charge in [-0.25, -0.2) is 0 Å². The van der Waals surface area contributed by atoms with E-state index in [1.807, 2.05) is 26.0 Å². The van der Waals surface area contributed by atoms with Gasteiger partial charge in [0, 0.05) is 24.2 Å². The fourth-order valence-electron chi connectivity index (χ4n) is 6.38. The molecule has 3 aromatic rings. The molecule has 0 saturated carbocycles. The Kier molecular flexibility index (Phi) is 14.3. The average Bonchev–Trinajstić information content (AvgIpc) is 3.06. The molecule has 1 atom stereocenters. The highest BCUT2D eigenvalue weighted by molar-refractivity contribution is 5.94. The van der Waals surface area contributed by atoms with Gasteiger partial charge in [-0.05, 0) is 87.5 Å². The van der Waals surface area contributed by atoms with Gasteiger partial charge < -0.3 is 5.32 Å². The van der Waals surface area contributed by atoms with Crippen molar-refractivity contribution in [2.75, 3.05) is 6.54 Å². The van der Waals surface area contributed by atoms with Crippen LogP contribution in [0.2, 0.25) is 0 Å². The zero-order chi connectivity index (χ0) is 35.5. The molecule has 2 heteroatoms. The molecular weight excluding hydrogens is 583 g/mol. The monoisotopic (exact) mass is 645 g/mol. The molecule has 0 spiro atoms. The van der Waals surface area contributed by atoms with E-state index < -0.39 is 0 Å². The summed E-state index contributed by atoms with van der Waals surface area (Å²) in [6.07, 6.45) is 11.2. The number of nitrogens with one attached hydrogen (secondary N) is 1. The molecular formula is C46H63NO. The minimum atomic E-state index is 0.129. The number of carbonyl (C=O) groups is 1. The van der Waals surface area contributed by atoms with Crippen molar-refractivity contribution in [1.29, 1.82) is 0 Å². The van der Waals surface area contributed by atoms with E-state index in [0.29, 0.717) is 5.92 Å². The third-order valence-corrected chi connectivity index (χ3v) is 9.45. The predicted molar refractivity (Wildman–Crippen MR) is 211 cm³/mol. The summed E-state index contributed by atoms with van der Waals surface area (Å²) in [5.74, 6) is 0.748. The van der Waals surface area contributed by atoms with Crippen LogP contribution in [-0.2, 0) is 17.3 Å². The van der Waals surface area contributed by atoms with E-state index in [0.717, 1.165) is 37.8 Å². The number of unbranched alkanes of at least 4 members (excludes halogenated alkanes) is 1. The first-order valence-electron chi connectivity index (χ1n) is 18.4. The minimum Gasteiger partial charge on any atom is -0.388 e. The van der Waals surface area contributed by atoms with Gasteiger partial charge in [-0.2, -0.15) is 0 Å². The first-order chi connectivity index (χ1) is 22.8.